The van der Waals surface area contributed by atoms with E-state index in [2.05, 4.69) is 39.8 Å². The first kappa shape index (κ1) is 27.2. The van der Waals surface area contributed by atoms with Crippen LogP contribution in [0.25, 0.3) is 6.08 Å². The lowest BCUT2D eigenvalue weighted by Crippen LogP contribution is -2.13. The van der Waals surface area contributed by atoms with Crippen molar-refractivity contribution < 1.29 is 22.7 Å². The number of rotatable bonds is 11. The first-order chi connectivity index (χ1) is 17.2. The summed E-state index contributed by atoms with van der Waals surface area (Å²) < 4.78 is 34.5. The number of hydrogen-bond acceptors (Lipinski definition) is 10. The van der Waals surface area contributed by atoms with Crippen molar-refractivity contribution in [2.45, 2.75) is 23.1 Å². The summed E-state index contributed by atoms with van der Waals surface area (Å²) in [4.78, 5) is 13.7. The number of nitrogens with zero attached hydrogens (tertiary/aromatic N) is 3. The van der Waals surface area contributed by atoms with E-state index in [1.54, 1.807) is 30.0 Å². The van der Waals surface area contributed by atoms with Gasteiger partial charge in [-0.05, 0) is 49.8 Å². The minimum absolute atomic E-state index is 0.0242. The number of ether oxygens (including phenoxy) is 2. The SMILES string of the molecule is CCOc1cc(C=C(C#N)C(=O)Nc2nnc(S(C)(=O)=O)s2)ccc1OCCSc1ccc(C)cc1. The van der Waals surface area contributed by atoms with Crippen LogP contribution in [-0.2, 0) is 14.6 Å². The van der Waals surface area contributed by atoms with Crippen LogP contribution < -0.4 is 14.8 Å². The fourth-order valence-electron chi connectivity index (χ4n) is 2.84. The number of nitriles is 1. The molecule has 3 aromatic rings. The molecule has 36 heavy (non-hydrogen) atoms. The van der Waals surface area contributed by atoms with Gasteiger partial charge in [0.25, 0.3) is 5.91 Å². The summed E-state index contributed by atoms with van der Waals surface area (Å²) >= 11 is 2.40. The summed E-state index contributed by atoms with van der Waals surface area (Å²) in [5.74, 6) is 1.07. The van der Waals surface area contributed by atoms with Gasteiger partial charge in [-0.15, -0.1) is 22.0 Å². The summed E-state index contributed by atoms with van der Waals surface area (Å²) in [6, 6.07) is 15.3. The Balaban J connectivity index is 1.67. The second-order valence-corrected chi connectivity index (χ2v) is 11.8. The summed E-state index contributed by atoms with van der Waals surface area (Å²) in [5, 5.41) is 19.0. The molecule has 0 fully saturated rings. The van der Waals surface area contributed by atoms with Gasteiger partial charge >= 0.3 is 0 Å². The van der Waals surface area contributed by atoms with Crippen LogP contribution in [0.4, 0.5) is 5.13 Å². The first-order valence-corrected chi connectivity index (χ1v) is 14.4. The molecule has 1 aromatic heterocycles. The Labute approximate surface area is 218 Å². The quantitative estimate of drug-likeness (QED) is 0.123. The Bertz CT molecular complexity index is 1390. The number of hydrogen-bond donors (Lipinski definition) is 1. The van der Waals surface area contributed by atoms with Gasteiger partial charge < -0.3 is 9.47 Å². The molecule has 0 saturated heterocycles. The van der Waals surface area contributed by atoms with Crippen molar-refractivity contribution >= 4 is 50.1 Å². The van der Waals surface area contributed by atoms with Crippen molar-refractivity contribution in [2.75, 3.05) is 30.5 Å². The lowest BCUT2D eigenvalue weighted by Gasteiger charge is -2.13. The number of sulfone groups is 1. The Kier molecular flexibility index (Phi) is 9.46. The highest BCUT2D eigenvalue weighted by atomic mass is 32.2. The van der Waals surface area contributed by atoms with Crippen LogP contribution in [0.3, 0.4) is 0 Å². The fourth-order valence-corrected chi connectivity index (χ4v) is 5.07. The molecule has 0 aliphatic rings. The highest BCUT2D eigenvalue weighted by Crippen LogP contribution is 2.30. The van der Waals surface area contributed by atoms with Crippen molar-refractivity contribution in [1.82, 2.24) is 10.2 Å². The van der Waals surface area contributed by atoms with E-state index in [1.807, 2.05) is 19.9 Å². The number of aromatic nitrogens is 2. The number of aryl methyl sites for hydroxylation is 1. The Morgan fingerprint density at radius 2 is 1.92 bits per heavy atom. The summed E-state index contributed by atoms with van der Waals surface area (Å²) in [5.41, 5.74) is 1.57. The minimum Gasteiger partial charge on any atom is -0.490 e. The van der Waals surface area contributed by atoms with Crippen molar-refractivity contribution in [2.24, 2.45) is 0 Å². The van der Waals surface area contributed by atoms with Crippen LogP contribution >= 0.6 is 23.1 Å². The number of anilines is 1. The summed E-state index contributed by atoms with van der Waals surface area (Å²) in [7, 11) is -3.54. The number of benzene rings is 2. The van der Waals surface area contributed by atoms with Crippen LogP contribution in [0.2, 0.25) is 0 Å². The van der Waals surface area contributed by atoms with E-state index in [0.29, 0.717) is 41.6 Å². The van der Waals surface area contributed by atoms with Crippen LogP contribution in [-0.4, -0.2) is 49.7 Å². The van der Waals surface area contributed by atoms with Gasteiger partial charge in [0.1, 0.15) is 11.6 Å². The molecule has 1 N–H and O–H groups in total. The Morgan fingerprint density at radius 1 is 1.17 bits per heavy atom. The maximum atomic E-state index is 12.5. The lowest BCUT2D eigenvalue weighted by molar-refractivity contribution is -0.112. The number of carbonyl (C=O) groups excluding carboxylic acids is 1. The van der Waals surface area contributed by atoms with Crippen LogP contribution in [0.5, 0.6) is 11.5 Å². The molecule has 1 amide bonds. The molecule has 0 aliphatic carbocycles. The van der Waals surface area contributed by atoms with Crippen LogP contribution in [0.1, 0.15) is 18.1 Å². The second kappa shape index (κ2) is 12.5. The minimum atomic E-state index is -3.54. The van der Waals surface area contributed by atoms with Gasteiger partial charge in [-0.2, -0.15) is 5.26 Å². The number of carbonyl (C=O) groups is 1. The molecule has 0 saturated carbocycles. The molecule has 12 heteroatoms. The van der Waals surface area contributed by atoms with Crippen LogP contribution in [0, 0.1) is 18.3 Å². The van der Waals surface area contributed by atoms with E-state index in [1.165, 1.54) is 11.6 Å². The van der Waals surface area contributed by atoms with E-state index < -0.39 is 15.7 Å². The number of nitrogens with one attached hydrogen (secondary N) is 1. The first-order valence-electron chi connectivity index (χ1n) is 10.8. The number of thioether (sulfide) groups is 1. The molecule has 1 heterocycles. The lowest BCUT2D eigenvalue weighted by atomic mass is 10.1. The molecule has 9 nitrogen and oxygen atoms in total. The molecule has 188 valence electrons. The molecule has 3 rings (SSSR count). The molecular weight excluding hydrogens is 520 g/mol. The van der Waals surface area contributed by atoms with Gasteiger partial charge in [0.05, 0.1) is 13.2 Å². The zero-order chi connectivity index (χ0) is 26.1. The Hall–Kier alpha value is -3.40. The zero-order valence-corrected chi connectivity index (χ0v) is 22.3. The molecule has 0 bridgehead atoms. The Morgan fingerprint density at radius 3 is 2.56 bits per heavy atom. The topological polar surface area (TPSA) is 131 Å². The van der Waals surface area contributed by atoms with E-state index in [0.717, 1.165) is 16.9 Å². The van der Waals surface area contributed by atoms with Crippen molar-refractivity contribution in [3.8, 4) is 17.6 Å². The van der Waals surface area contributed by atoms with Gasteiger partial charge in [-0.3, -0.25) is 10.1 Å². The van der Waals surface area contributed by atoms with Crippen LogP contribution in [0.15, 0.2) is 57.3 Å². The highest BCUT2D eigenvalue weighted by Gasteiger charge is 2.18. The molecule has 0 atom stereocenters. The third-order valence-corrected chi connectivity index (χ3v) is 8.00. The maximum absolute atomic E-state index is 12.5. The largest absolute Gasteiger partial charge is 0.490 e. The summed E-state index contributed by atoms with van der Waals surface area (Å²) in [6.45, 7) is 4.77. The van der Waals surface area contributed by atoms with E-state index >= 15 is 0 Å². The average molecular weight is 545 g/mol. The summed E-state index contributed by atoms with van der Waals surface area (Å²) in [6.07, 6.45) is 2.39. The maximum Gasteiger partial charge on any atom is 0.268 e. The smallest absolute Gasteiger partial charge is 0.268 e. The van der Waals surface area contributed by atoms with Gasteiger partial charge in [0.15, 0.2) is 11.5 Å². The van der Waals surface area contributed by atoms with Crippen molar-refractivity contribution in [3.63, 3.8) is 0 Å². The third-order valence-electron chi connectivity index (χ3n) is 4.52. The fraction of sp³-hybridized carbons (Fsp3) is 0.250. The van der Waals surface area contributed by atoms with Gasteiger partial charge in [-0.25, -0.2) is 8.42 Å². The predicted octanol–water partition coefficient (Wildman–Crippen LogP) is 4.37. The molecule has 0 radical (unpaired) electrons. The van der Waals surface area contributed by atoms with Crippen molar-refractivity contribution in [1.29, 1.82) is 5.26 Å². The van der Waals surface area contributed by atoms with E-state index in [9.17, 15) is 18.5 Å². The normalized spacial score (nSPS) is 11.6. The van der Waals surface area contributed by atoms with Crippen molar-refractivity contribution in [3.05, 3.63) is 59.2 Å². The highest BCUT2D eigenvalue weighted by molar-refractivity contribution is 7.99. The number of amides is 1. The predicted molar refractivity (Wildman–Crippen MR) is 140 cm³/mol. The monoisotopic (exact) mass is 544 g/mol. The zero-order valence-electron chi connectivity index (χ0n) is 19.8. The molecule has 0 spiro atoms. The third kappa shape index (κ3) is 7.81. The van der Waals surface area contributed by atoms with E-state index in [4.69, 9.17) is 9.47 Å². The molecule has 0 unspecified atom stereocenters. The van der Waals surface area contributed by atoms with Gasteiger partial charge in [-0.1, -0.05) is 35.1 Å². The molecule has 0 aliphatic heterocycles. The second-order valence-electron chi connectivity index (χ2n) is 7.42. The average Bonchev–Trinajstić information content (AvgIpc) is 3.31. The van der Waals surface area contributed by atoms with Gasteiger partial charge in [0.2, 0.25) is 19.3 Å². The van der Waals surface area contributed by atoms with E-state index in [-0.39, 0.29) is 15.0 Å². The van der Waals surface area contributed by atoms with Gasteiger partial charge in [0, 0.05) is 16.9 Å². The molecular formula is C24H24N4O5S3. The standard InChI is InChI=1S/C24H24N4O5S3/c1-4-32-21-14-17(7-10-20(21)33-11-12-34-19-8-5-16(2)6-9-19)13-18(15-25)22(29)26-23-27-28-24(35-23)36(3,30)31/h5-10,13-14H,4,11-12H2,1-3H3,(H,26,27,29). The molecule has 2 aromatic carbocycles.